The molecule has 0 spiro atoms. The molecule has 22 heavy (non-hydrogen) atoms. The minimum atomic E-state index is 0.0825. The highest BCUT2D eigenvalue weighted by Crippen LogP contribution is 2.24. The van der Waals surface area contributed by atoms with Gasteiger partial charge in [-0.1, -0.05) is 60.7 Å². The first kappa shape index (κ1) is 16.5. The summed E-state index contributed by atoms with van der Waals surface area (Å²) >= 11 is 0. The highest BCUT2D eigenvalue weighted by atomic mass is 16.3. The summed E-state index contributed by atoms with van der Waals surface area (Å²) in [6.07, 6.45) is 3.97. The fraction of sp³-hybridized carbons (Fsp3) is 0.300. The monoisotopic (exact) mass is 295 g/mol. The molecule has 2 aromatic rings. The van der Waals surface area contributed by atoms with Crippen LogP contribution in [0.2, 0.25) is 0 Å². The Hall–Kier alpha value is -1.90. The molecule has 0 heterocycles. The van der Waals surface area contributed by atoms with Crippen molar-refractivity contribution >= 4 is 0 Å². The first-order chi connectivity index (χ1) is 10.7. The van der Waals surface area contributed by atoms with Gasteiger partial charge in [0.15, 0.2) is 0 Å². The van der Waals surface area contributed by atoms with Crippen molar-refractivity contribution in [3.63, 3.8) is 0 Å². The average molecular weight is 295 g/mol. The van der Waals surface area contributed by atoms with Crippen molar-refractivity contribution in [3.8, 4) is 0 Å². The summed E-state index contributed by atoms with van der Waals surface area (Å²) in [5.74, 6) is 0. The van der Waals surface area contributed by atoms with Gasteiger partial charge in [-0.05, 0) is 36.5 Å². The Morgan fingerprint density at radius 1 is 1.09 bits per heavy atom. The number of aliphatic hydroxyl groups excluding tert-OH is 1. The van der Waals surface area contributed by atoms with Crippen molar-refractivity contribution in [2.45, 2.75) is 38.5 Å². The van der Waals surface area contributed by atoms with Crippen LogP contribution in [0.3, 0.4) is 0 Å². The van der Waals surface area contributed by atoms with Gasteiger partial charge in [0.2, 0.25) is 0 Å². The molecule has 0 saturated heterocycles. The molecular formula is C20H25NO. The standard InChI is InChI=1S/C20H25NO/c1-3-4-13-20(18-10-6-5-7-11-18)21-16(2)19-12-8-9-17(14-19)15-22/h3,5-12,14,16,20-22H,1,4,13,15H2,2H3. The molecule has 0 aliphatic heterocycles. The lowest BCUT2D eigenvalue weighted by Crippen LogP contribution is -2.24. The molecular weight excluding hydrogens is 270 g/mol. The maximum atomic E-state index is 9.29. The van der Waals surface area contributed by atoms with Crippen LogP contribution in [0.5, 0.6) is 0 Å². The molecule has 2 atom stereocenters. The third-order valence-electron chi connectivity index (χ3n) is 3.95. The zero-order chi connectivity index (χ0) is 15.8. The minimum Gasteiger partial charge on any atom is -0.392 e. The molecule has 2 rings (SSSR count). The molecule has 0 aromatic heterocycles. The molecule has 0 saturated carbocycles. The van der Waals surface area contributed by atoms with Crippen LogP contribution in [0, 0.1) is 0 Å². The number of aliphatic hydroxyl groups is 1. The second-order valence-corrected chi connectivity index (χ2v) is 5.62. The van der Waals surface area contributed by atoms with E-state index in [0.29, 0.717) is 6.04 Å². The zero-order valence-electron chi connectivity index (χ0n) is 13.2. The summed E-state index contributed by atoms with van der Waals surface area (Å²) in [5.41, 5.74) is 3.45. The van der Waals surface area contributed by atoms with Gasteiger partial charge in [-0.15, -0.1) is 6.58 Å². The lowest BCUT2D eigenvalue weighted by atomic mass is 9.98. The summed E-state index contributed by atoms with van der Waals surface area (Å²) < 4.78 is 0. The van der Waals surface area contributed by atoms with E-state index in [1.165, 1.54) is 11.1 Å². The van der Waals surface area contributed by atoms with Gasteiger partial charge < -0.3 is 10.4 Å². The maximum absolute atomic E-state index is 9.29. The predicted molar refractivity (Wildman–Crippen MR) is 92.5 cm³/mol. The Morgan fingerprint density at radius 2 is 1.82 bits per heavy atom. The van der Waals surface area contributed by atoms with Crippen LogP contribution in [0.15, 0.2) is 67.3 Å². The van der Waals surface area contributed by atoms with Crippen molar-refractivity contribution in [1.29, 1.82) is 0 Å². The Bertz CT molecular complexity index is 579. The van der Waals surface area contributed by atoms with Gasteiger partial charge in [-0.25, -0.2) is 0 Å². The number of benzene rings is 2. The van der Waals surface area contributed by atoms with E-state index in [9.17, 15) is 5.11 Å². The van der Waals surface area contributed by atoms with Crippen molar-refractivity contribution < 1.29 is 5.11 Å². The largest absolute Gasteiger partial charge is 0.392 e. The third kappa shape index (κ3) is 4.55. The zero-order valence-corrected chi connectivity index (χ0v) is 13.2. The van der Waals surface area contributed by atoms with E-state index in [2.05, 4.69) is 55.2 Å². The SMILES string of the molecule is C=CCCC(NC(C)c1cccc(CO)c1)c1ccccc1. The van der Waals surface area contributed by atoms with Crippen molar-refractivity contribution in [2.24, 2.45) is 0 Å². The van der Waals surface area contributed by atoms with E-state index in [0.717, 1.165) is 18.4 Å². The van der Waals surface area contributed by atoms with Crippen LogP contribution in [-0.2, 0) is 6.61 Å². The molecule has 2 unspecified atom stereocenters. The highest BCUT2D eigenvalue weighted by Gasteiger charge is 2.14. The third-order valence-corrected chi connectivity index (χ3v) is 3.95. The number of allylic oxidation sites excluding steroid dienone is 1. The van der Waals surface area contributed by atoms with Gasteiger partial charge in [0, 0.05) is 12.1 Å². The molecule has 0 bridgehead atoms. The normalized spacial score (nSPS) is 13.5. The number of hydrogen-bond donors (Lipinski definition) is 2. The summed E-state index contributed by atoms with van der Waals surface area (Å²) in [7, 11) is 0. The smallest absolute Gasteiger partial charge is 0.0681 e. The van der Waals surface area contributed by atoms with E-state index in [4.69, 9.17) is 0 Å². The van der Waals surface area contributed by atoms with Crippen LogP contribution in [0.4, 0.5) is 0 Å². The fourth-order valence-electron chi connectivity index (χ4n) is 2.67. The fourth-order valence-corrected chi connectivity index (χ4v) is 2.67. The van der Waals surface area contributed by atoms with Crippen molar-refractivity contribution in [3.05, 3.63) is 83.9 Å². The minimum absolute atomic E-state index is 0.0825. The second-order valence-electron chi connectivity index (χ2n) is 5.62. The first-order valence-corrected chi connectivity index (χ1v) is 7.86. The van der Waals surface area contributed by atoms with Crippen LogP contribution in [0.1, 0.15) is 48.5 Å². The number of nitrogens with one attached hydrogen (secondary N) is 1. The van der Waals surface area contributed by atoms with E-state index < -0.39 is 0 Å². The molecule has 116 valence electrons. The van der Waals surface area contributed by atoms with Gasteiger partial charge in [0.1, 0.15) is 0 Å². The van der Waals surface area contributed by atoms with Crippen LogP contribution in [-0.4, -0.2) is 5.11 Å². The Balaban J connectivity index is 2.13. The van der Waals surface area contributed by atoms with E-state index in [1.807, 2.05) is 24.3 Å². The van der Waals surface area contributed by atoms with Crippen molar-refractivity contribution in [1.82, 2.24) is 5.32 Å². The Labute approximate surface area is 133 Å². The van der Waals surface area contributed by atoms with Gasteiger partial charge in [0.25, 0.3) is 0 Å². The van der Waals surface area contributed by atoms with E-state index >= 15 is 0 Å². The van der Waals surface area contributed by atoms with E-state index in [1.54, 1.807) is 0 Å². The Kier molecular flexibility index (Phi) is 6.38. The summed E-state index contributed by atoms with van der Waals surface area (Å²) in [6.45, 7) is 6.08. The number of rotatable bonds is 8. The molecule has 0 aliphatic rings. The lowest BCUT2D eigenvalue weighted by molar-refractivity contribution is 0.281. The molecule has 2 N–H and O–H groups in total. The maximum Gasteiger partial charge on any atom is 0.0681 e. The molecule has 0 amide bonds. The average Bonchev–Trinajstić information content (AvgIpc) is 2.59. The first-order valence-electron chi connectivity index (χ1n) is 7.86. The topological polar surface area (TPSA) is 32.3 Å². The molecule has 0 radical (unpaired) electrons. The van der Waals surface area contributed by atoms with Gasteiger partial charge >= 0.3 is 0 Å². The van der Waals surface area contributed by atoms with Crippen LogP contribution < -0.4 is 5.32 Å². The van der Waals surface area contributed by atoms with Crippen LogP contribution >= 0.6 is 0 Å². The summed E-state index contributed by atoms with van der Waals surface area (Å²) in [4.78, 5) is 0. The predicted octanol–water partition coefficient (Wildman–Crippen LogP) is 4.54. The van der Waals surface area contributed by atoms with Gasteiger partial charge in [-0.2, -0.15) is 0 Å². The molecule has 0 fully saturated rings. The van der Waals surface area contributed by atoms with Crippen molar-refractivity contribution in [2.75, 3.05) is 0 Å². The van der Waals surface area contributed by atoms with Crippen LogP contribution in [0.25, 0.3) is 0 Å². The molecule has 2 heteroatoms. The van der Waals surface area contributed by atoms with Gasteiger partial charge in [-0.3, -0.25) is 0 Å². The highest BCUT2D eigenvalue weighted by molar-refractivity contribution is 5.26. The molecule has 2 nitrogen and oxygen atoms in total. The summed E-state index contributed by atoms with van der Waals surface area (Å²) in [6, 6.07) is 19.2. The van der Waals surface area contributed by atoms with E-state index in [-0.39, 0.29) is 12.6 Å². The second kappa shape index (κ2) is 8.52. The van der Waals surface area contributed by atoms with Gasteiger partial charge in [0.05, 0.1) is 6.61 Å². The molecule has 2 aromatic carbocycles. The quantitative estimate of drug-likeness (QED) is 0.701. The summed E-state index contributed by atoms with van der Waals surface area (Å²) in [5, 5.41) is 13.0. The Morgan fingerprint density at radius 3 is 2.50 bits per heavy atom. The lowest BCUT2D eigenvalue weighted by Gasteiger charge is -2.24. The number of hydrogen-bond acceptors (Lipinski definition) is 2. The molecule has 0 aliphatic carbocycles.